The minimum atomic E-state index is -1.57. The quantitative estimate of drug-likeness (QED) is 0.692. The van der Waals surface area contributed by atoms with E-state index in [0.29, 0.717) is 5.56 Å². The van der Waals surface area contributed by atoms with Gasteiger partial charge in [-0.05, 0) is 24.3 Å². The van der Waals surface area contributed by atoms with Crippen molar-refractivity contribution in [1.29, 1.82) is 0 Å². The number of amides is 1. The monoisotopic (exact) mass is 290 g/mol. The summed E-state index contributed by atoms with van der Waals surface area (Å²) in [6.07, 6.45) is 1.73. The van der Waals surface area contributed by atoms with Gasteiger partial charge in [0.2, 0.25) is 0 Å². The second-order valence-electron chi connectivity index (χ2n) is 4.49. The molecule has 1 heterocycles. The molecule has 0 bridgehead atoms. The van der Waals surface area contributed by atoms with Crippen LogP contribution in [-0.4, -0.2) is 10.9 Å². The zero-order chi connectivity index (χ0) is 15.0. The van der Waals surface area contributed by atoms with Gasteiger partial charge in [-0.1, -0.05) is 0 Å². The molecule has 2 N–H and O–H groups in total. The summed E-state index contributed by atoms with van der Waals surface area (Å²) in [5.74, 6) is -4.82. The van der Waals surface area contributed by atoms with Crippen molar-refractivity contribution >= 4 is 22.5 Å². The Balaban J connectivity index is 1.88. The summed E-state index contributed by atoms with van der Waals surface area (Å²) in [6.45, 7) is 0. The van der Waals surface area contributed by atoms with E-state index in [-0.39, 0.29) is 5.69 Å². The Hall–Kier alpha value is -2.76. The fourth-order valence-electron chi connectivity index (χ4n) is 2.03. The molecule has 6 heteroatoms. The third kappa shape index (κ3) is 2.47. The number of rotatable bonds is 2. The number of carbonyl (C=O) groups is 1. The maximum atomic E-state index is 13.1. The Morgan fingerprint density at radius 3 is 2.43 bits per heavy atom. The number of anilines is 1. The Bertz CT molecular complexity index is 819. The number of carbonyl (C=O) groups excluding carboxylic acids is 1. The molecule has 0 aliphatic carbocycles. The van der Waals surface area contributed by atoms with Crippen LogP contribution in [0.2, 0.25) is 0 Å². The van der Waals surface area contributed by atoms with Crippen molar-refractivity contribution < 1.29 is 18.0 Å². The standard InChI is InChI=1S/C15H9F3N2O/c16-11-6-10(7-12(17)14(11)18)20-15(21)9-1-2-13-8(5-9)3-4-19-13/h1-7,19H,(H,20,21). The zero-order valence-corrected chi connectivity index (χ0v) is 10.6. The van der Waals surface area contributed by atoms with Gasteiger partial charge in [-0.2, -0.15) is 0 Å². The molecule has 0 spiro atoms. The summed E-state index contributed by atoms with van der Waals surface area (Å²) >= 11 is 0. The molecule has 0 atom stereocenters. The van der Waals surface area contributed by atoms with Crippen LogP contribution in [-0.2, 0) is 0 Å². The lowest BCUT2D eigenvalue weighted by Gasteiger charge is -2.06. The van der Waals surface area contributed by atoms with Crippen LogP contribution in [0.3, 0.4) is 0 Å². The van der Waals surface area contributed by atoms with Crippen LogP contribution in [0.5, 0.6) is 0 Å². The predicted molar refractivity (Wildman–Crippen MR) is 72.6 cm³/mol. The molecule has 1 aromatic heterocycles. The van der Waals surface area contributed by atoms with E-state index in [9.17, 15) is 18.0 Å². The molecule has 0 saturated carbocycles. The van der Waals surface area contributed by atoms with Gasteiger partial charge in [0.1, 0.15) is 0 Å². The minimum absolute atomic E-state index is 0.148. The lowest BCUT2D eigenvalue weighted by Crippen LogP contribution is -2.12. The van der Waals surface area contributed by atoms with Crippen molar-refractivity contribution in [1.82, 2.24) is 4.98 Å². The number of aromatic nitrogens is 1. The van der Waals surface area contributed by atoms with E-state index < -0.39 is 23.4 Å². The van der Waals surface area contributed by atoms with Gasteiger partial charge in [0, 0.05) is 40.5 Å². The number of benzene rings is 2. The Morgan fingerprint density at radius 2 is 1.71 bits per heavy atom. The fourth-order valence-corrected chi connectivity index (χ4v) is 2.03. The van der Waals surface area contributed by atoms with Crippen LogP contribution in [0, 0.1) is 17.5 Å². The highest BCUT2D eigenvalue weighted by molar-refractivity contribution is 6.06. The van der Waals surface area contributed by atoms with Gasteiger partial charge in [0.15, 0.2) is 17.5 Å². The number of hydrogen-bond donors (Lipinski definition) is 2. The fraction of sp³-hybridized carbons (Fsp3) is 0. The van der Waals surface area contributed by atoms with Crippen LogP contribution in [0.4, 0.5) is 18.9 Å². The number of nitrogens with one attached hydrogen (secondary N) is 2. The molecule has 0 aliphatic heterocycles. The highest BCUT2D eigenvalue weighted by Gasteiger charge is 2.13. The van der Waals surface area contributed by atoms with Crippen molar-refractivity contribution in [2.24, 2.45) is 0 Å². The summed E-state index contributed by atoms with van der Waals surface area (Å²) in [4.78, 5) is 15.0. The Labute approximate surface area is 117 Å². The van der Waals surface area contributed by atoms with Gasteiger partial charge >= 0.3 is 0 Å². The first kappa shape index (κ1) is 13.2. The smallest absolute Gasteiger partial charge is 0.255 e. The number of hydrogen-bond acceptors (Lipinski definition) is 1. The molecule has 106 valence electrons. The van der Waals surface area contributed by atoms with Crippen LogP contribution in [0.1, 0.15) is 10.4 Å². The topological polar surface area (TPSA) is 44.9 Å². The average Bonchev–Trinajstić information content (AvgIpc) is 2.91. The van der Waals surface area contributed by atoms with Gasteiger partial charge in [-0.15, -0.1) is 0 Å². The number of aromatic amines is 1. The zero-order valence-electron chi connectivity index (χ0n) is 10.6. The molecule has 3 rings (SSSR count). The highest BCUT2D eigenvalue weighted by atomic mass is 19.2. The van der Waals surface area contributed by atoms with E-state index in [1.54, 1.807) is 30.5 Å². The first-order valence-corrected chi connectivity index (χ1v) is 6.07. The van der Waals surface area contributed by atoms with Gasteiger partial charge in [-0.3, -0.25) is 4.79 Å². The van der Waals surface area contributed by atoms with Crippen molar-refractivity contribution in [3.05, 3.63) is 65.6 Å². The molecule has 0 saturated heterocycles. The lowest BCUT2D eigenvalue weighted by molar-refractivity contribution is 0.102. The highest BCUT2D eigenvalue weighted by Crippen LogP contribution is 2.19. The van der Waals surface area contributed by atoms with Crippen LogP contribution in [0.25, 0.3) is 10.9 Å². The molecule has 0 unspecified atom stereocenters. The van der Waals surface area contributed by atoms with E-state index in [1.165, 1.54) is 0 Å². The molecule has 0 aliphatic rings. The van der Waals surface area contributed by atoms with Gasteiger partial charge in [0.25, 0.3) is 5.91 Å². The number of fused-ring (bicyclic) bond motifs is 1. The maximum absolute atomic E-state index is 13.1. The second kappa shape index (κ2) is 4.97. The van der Waals surface area contributed by atoms with Gasteiger partial charge < -0.3 is 10.3 Å². The number of halogens is 3. The summed E-state index contributed by atoms with van der Waals surface area (Å²) in [5.41, 5.74) is 1.04. The third-order valence-corrected chi connectivity index (χ3v) is 3.06. The van der Waals surface area contributed by atoms with Crippen molar-refractivity contribution in [3.63, 3.8) is 0 Å². The molecule has 0 fully saturated rings. The summed E-state index contributed by atoms with van der Waals surface area (Å²) in [5, 5.41) is 3.16. The SMILES string of the molecule is O=C(Nc1cc(F)c(F)c(F)c1)c1ccc2[nH]ccc2c1. The number of H-pyrrole nitrogens is 1. The molecule has 1 amide bonds. The van der Waals surface area contributed by atoms with Crippen LogP contribution >= 0.6 is 0 Å². The van der Waals surface area contributed by atoms with E-state index >= 15 is 0 Å². The van der Waals surface area contributed by atoms with E-state index in [0.717, 1.165) is 23.0 Å². The van der Waals surface area contributed by atoms with Crippen molar-refractivity contribution in [3.8, 4) is 0 Å². The summed E-state index contributed by atoms with van der Waals surface area (Å²) < 4.78 is 39.0. The maximum Gasteiger partial charge on any atom is 0.255 e. The molecular formula is C15H9F3N2O. The second-order valence-corrected chi connectivity index (χ2v) is 4.49. The first-order valence-electron chi connectivity index (χ1n) is 6.07. The molecule has 3 nitrogen and oxygen atoms in total. The summed E-state index contributed by atoms with van der Waals surface area (Å²) in [7, 11) is 0. The Morgan fingerprint density at radius 1 is 1.00 bits per heavy atom. The van der Waals surface area contributed by atoms with E-state index in [1.807, 2.05) is 0 Å². The lowest BCUT2D eigenvalue weighted by atomic mass is 10.1. The molecule has 21 heavy (non-hydrogen) atoms. The largest absolute Gasteiger partial charge is 0.361 e. The normalized spacial score (nSPS) is 10.8. The van der Waals surface area contributed by atoms with Gasteiger partial charge in [0.05, 0.1) is 0 Å². The van der Waals surface area contributed by atoms with Crippen molar-refractivity contribution in [2.75, 3.05) is 5.32 Å². The third-order valence-electron chi connectivity index (χ3n) is 3.06. The molecular weight excluding hydrogens is 281 g/mol. The van der Waals surface area contributed by atoms with E-state index in [4.69, 9.17) is 0 Å². The molecule has 3 aromatic rings. The first-order chi connectivity index (χ1) is 10.0. The minimum Gasteiger partial charge on any atom is -0.361 e. The average molecular weight is 290 g/mol. The molecule has 0 radical (unpaired) electrons. The van der Waals surface area contributed by atoms with Gasteiger partial charge in [-0.25, -0.2) is 13.2 Å². The Kier molecular flexibility index (Phi) is 3.13. The van der Waals surface area contributed by atoms with Crippen LogP contribution in [0.15, 0.2) is 42.6 Å². The van der Waals surface area contributed by atoms with Crippen LogP contribution < -0.4 is 5.32 Å². The van der Waals surface area contributed by atoms with Crippen molar-refractivity contribution in [2.45, 2.75) is 0 Å². The summed E-state index contributed by atoms with van der Waals surface area (Å²) in [6, 6.07) is 8.18. The predicted octanol–water partition coefficient (Wildman–Crippen LogP) is 3.84. The van der Waals surface area contributed by atoms with E-state index in [2.05, 4.69) is 10.3 Å². The molecule has 2 aromatic carbocycles.